The predicted octanol–water partition coefficient (Wildman–Crippen LogP) is 7.70. The highest BCUT2D eigenvalue weighted by molar-refractivity contribution is 8.16. The number of hydrogen-bond acceptors (Lipinski definition) is 2. The van der Waals surface area contributed by atoms with Gasteiger partial charge in [-0.1, -0.05) is 111 Å². The third-order valence-corrected chi connectivity index (χ3v) is 8.42. The number of nitrogens with two attached hydrogens (primary N) is 1. The van der Waals surface area contributed by atoms with Crippen molar-refractivity contribution in [2.24, 2.45) is 22.1 Å². The van der Waals surface area contributed by atoms with E-state index < -0.39 is 5.41 Å². The molecule has 0 aromatic heterocycles. The minimum absolute atomic E-state index is 0.0259. The number of benzene rings is 2. The van der Waals surface area contributed by atoms with Crippen molar-refractivity contribution < 1.29 is 4.79 Å². The molecule has 186 valence electrons. The van der Waals surface area contributed by atoms with E-state index in [1.54, 1.807) is 0 Å². The molecule has 4 atom stereocenters. The number of amides is 1. The number of carbonyl (C=O) groups is 1. The summed E-state index contributed by atoms with van der Waals surface area (Å²) in [5, 5.41) is 2.17. The summed E-state index contributed by atoms with van der Waals surface area (Å²) in [5.74, 6) is 0.264. The van der Waals surface area contributed by atoms with Gasteiger partial charge in [-0.05, 0) is 59.6 Å². The maximum atomic E-state index is 13.5. The van der Waals surface area contributed by atoms with Crippen LogP contribution in [0.1, 0.15) is 62.3 Å². The summed E-state index contributed by atoms with van der Waals surface area (Å²) in [5.41, 5.74) is 13.1. The van der Waals surface area contributed by atoms with Gasteiger partial charge in [-0.3, -0.25) is 4.79 Å². The van der Waals surface area contributed by atoms with Crippen molar-refractivity contribution in [3.63, 3.8) is 0 Å². The first kappa shape index (κ1) is 26.0. The minimum Gasteiger partial charge on any atom is -0.378 e. The van der Waals surface area contributed by atoms with Gasteiger partial charge >= 0.3 is 0 Å². The highest BCUT2D eigenvalue weighted by Crippen LogP contribution is 2.79. The molecular formula is C32H36N2OS. The molecule has 1 fully saturated rings. The van der Waals surface area contributed by atoms with Crippen LogP contribution in [-0.4, -0.2) is 11.1 Å². The highest BCUT2D eigenvalue weighted by Gasteiger charge is 2.76. The summed E-state index contributed by atoms with van der Waals surface area (Å²) in [4.78, 5) is 17.9. The molecule has 2 N–H and O–H groups in total. The quantitative estimate of drug-likeness (QED) is 0.341. The highest BCUT2D eigenvalue weighted by atomic mass is 32.2. The van der Waals surface area contributed by atoms with Crippen LogP contribution < -0.4 is 5.73 Å². The lowest BCUT2D eigenvalue weighted by Crippen LogP contribution is -2.65. The van der Waals surface area contributed by atoms with Gasteiger partial charge in [0, 0.05) is 17.3 Å². The molecule has 0 heterocycles. The number of thioether (sulfide) groups is 1. The first-order chi connectivity index (χ1) is 17.4. The molecule has 4 unspecified atom stereocenters. The van der Waals surface area contributed by atoms with E-state index in [0.717, 1.165) is 12.0 Å². The van der Waals surface area contributed by atoms with Crippen LogP contribution in [0.4, 0.5) is 0 Å². The Balaban J connectivity index is 0.00000148. The average Bonchev–Trinajstić information content (AvgIpc) is 3.05. The molecule has 2 aromatic carbocycles. The smallest absolute Gasteiger partial charge is 0.254 e. The lowest BCUT2D eigenvalue weighted by atomic mass is 9.36. The fourth-order valence-corrected chi connectivity index (χ4v) is 7.21. The lowest BCUT2D eigenvalue weighted by Gasteiger charge is -2.65. The molecule has 1 spiro atoms. The third kappa shape index (κ3) is 3.83. The maximum absolute atomic E-state index is 13.5. The number of rotatable bonds is 5. The van der Waals surface area contributed by atoms with E-state index in [-0.39, 0.29) is 22.4 Å². The van der Waals surface area contributed by atoms with Crippen molar-refractivity contribution in [3.8, 4) is 0 Å². The van der Waals surface area contributed by atoms with Gasteiger partial charge < -0.3 is 5.73 Å². The molecule has 2 aromatic rings. The molecule has 4 heteroatoms. The summed E-state index contributed by atoms with van der Waals surface area (Å²) >= 11 is 1.28. The summed E-state index contributed by atoms with van der Waals surface area (Å²) in [6.45, 7) is 14.3. The van der Waals surface area contributed by atoms with E-state index in [2.05, 4.69) is 74.0 Å². The zero-order chi connectivity index (χ0) is 26.1. The van der Waals surface area contributed by atoms with Gasteiger partial charge in [0.2, 0.25) is 0 Å². The van der Waals surface area contributed by atoms with E-state index in [9.17, 15) is 4.79 Å². The number of hydrogen-bond donors (Lipinski definition) is 1. The van der Waals surface area contributed by atoms with Crippen molar-refractivity contribution in [1.82, 2.24) is 0 Å². The molecule has 0 radical (unpaired) electrons. The Morgan fingerprint density at radius 2 is 1.89 bits per heavy atom. The zero-order valence-corrected chi connectivity index (χ0v) is 22.7. The number of carbonyl (C=O) groups excluding carboxylic acids is 1. The zero-order valence-electron chi connectivity index (χ0n) is 21.9. The van der Waals surface area contributed by atoms with Crippen LogP contribution in [0.3, 0.4) is 0 Å². The molecule has 3 nitrogen and oxygen atoms in total. The molecule has 36 heavy (non-hydrogen) atoms. The number of nitrogens with zero attached hydrogens (tertiary/aromatic N) is 1. The Morgan fingerprint density at radius 1 is 1.14 bits per heavy atom. The first-order valence-corrected chi connectivity index (χ1v) is 13.6. The van der Waals surface area contributed by atoms with E-state index >= 15 is 0 Å². The number of fused-ring (bicyclic) bond motifs is 2. The molecule has 5 rings (SSSR count). The summed E-state index contributed by atoms with van der Waals surface area (Å²) in [6, 6.07) is 16.9. The molecule has 3 aliphatic carbocycles. The molecular weight excluding hydrogens is 460 g/mol. The van der Waals surface area contributed by atoms with Crippen LogP contribution in [0, 0.1) is 18.3 Å². The van der Waals surface area contributed by atoms with E-state index in [1.165, 1.54) is 39.6 Å². The molecule has 1 saturated carbocycles. The second-order valence-corrected chi connectivity index (χ2v) is 10.7. The van der Waals surface area contributed by atoms with Crippen LogP contribution in [-0.2, 0) is 10.2 Å². The Labute approximate surface area is 220 Å². The van der Waals surface area contributed by atoms with Crippen LogP contribution in [0.5, 0.6) is 0 Å². The van der Waals surface area contributed by atoms with Crippen LogP contribution in [0.2, 0.25) is 0 Å². The van der Waals surface area contributed by atoms with Crippen LogP contribution >= 0.6 is 11.8 Å². The largest absolute Gasteiger partial charge is 0.378 e. The molecule has 0 aliphatic heterocycles. The third-order valence-electron chi connectivity index (χ3n) is 7.81. The fraction of sp³-hybridized carbons (Fsp3) is 0.312. The second kappa shape index (κ2) is 10.1. The standard InChI is InChI=1S/C30H30N2OS.C2H6/c1-5-10-22-21(6-2)25-23-13-7-8-14-24(23)30(25)18-29(4,26(22)30)27(33)32-28(31)34-16-15-20-12-9-11-19(3)17-20;1-2/h5-17,25-26H,2,18H2,1,3-4H3,(H2,31,32,33);1-2H3/b10-5-,16-15+;. The average molecular weight is 497 g/mol. The van der Waals surface area contributed by atoms with Crippen molar-refractivity contribution >= 4 is 28.9 Å². The predicted molar refractivity (Wildman–Crippen MR) is 155 cm³/mol. The van der Waals surface area contributed by atoms with Gasteiger partial charge in [0.15, 0.2) is 5.17 Å². The minimum atomic E-state index is -0.586. The first-order valence-electron chi connectivity index (χ1n) is 12.7. The number of amidine groups is 1. The molecule has 0 saturated heterocycles. The van der Waals surface area contributed by atoms with Crippen LogP contribution in [0.15, 0.2) is 94.9 Å². The van der Waals surface area contributed by atoms with Gasteiger partial charge in [-0.15, -0.1) is 0 Å². The van der Waals surface area contributed by atoms with Crippen molar-refractivity contribution in [2.45, 2.75) is 52.4 Å². The number of aryl methyl sites for hydroxylation is 1. The van der Waals surface area contributed by atoms with Crippen molar-refractivity contribution in [1.29, 1.82) is 0 Å². The summed E-state index contributed by atoms with van der Waals surface area (Å²) < 4.78 is 0. The molecule has 3 aliphatic rings. The van der Waals surface area contributed by atoms with Gasteiger partial charge in [0.05, 0.1) is 5.41 Å². The van der Waals surface area contributed by atoms with E-state index in [1.807, 2.05) is 50.5 Å². The monoisotopic (exact) mass is 496 g/mol. The Morgan fingerprint density at radius 3 is 2.58 bits per heavy atom. The number of allylic oxidation sites excluding steroid dienone is 5. The Kier molecular flexibility index (Phi) is 7.28. The second-order valence-electron chi connectivity index (χ2n) is 9.79. The van der Waals surface area contributed by atoms with Gasteiger partial charge in [0.1, 0.15) is 0 Å². The van der Waals surface area contributed by atoms with Crippen molar-refractivity contribution in [2.75, 3.05) is 0 Å². The van der Waals surface area contributed by atoms with Gasteiger partial charge in [-0.25, -0.2) is 0 Å². The maximum Gasteiger partial charge on any atom is 0.254 e. The van der Waals surface area contributed by atoms with E-state index in [4.69, 9.17) is 5.73 Å². The normalized spacial score (nSPS) is 28.0. The van der Waals surface area contributed by atoms with E-state index in [0.29, 0.717) is 5.92 Å². The van der Waals surface area contributed by atoms with Gasteiger partial charge in [-0.2, -0.15) is 4.99 Å². The van der Waals surface area contributed by atoms with Crippen molar-refractivity contribution in [3.05, 3.63) is 112 Å². The van der Waals surface area contributed by atoms with Gasteiger partial charge in [0.25, 0.3) is 5.91 Å². The number of aliphatic imine (C=N–C) groups is 1. The lowest BCUT2D eigenvalue weighted by molar-refractivity contribution is -0.144. The Bertz CT molecular complexity index is 1320. The fourth-order valence-electron chi connectivity index (χ4n) is 6.71. The molecule has 0 bridgehead atoms. The Hall–Kier alpha value is -3.11. The molecule has 1 amide bonds. The summed E-state index contributed by atoms with van der Waals surface area (Å²) in [6.07, 6.45) is 8.99. The topological polar surface area (TPSA) is 55.5 Å². The summed E-state index contributed by atoms with van der Waals surface area (Å²) in [7, 11) is 0. The SMILES string of the molecule is C=CC1=C(/C=C\C)C2C(C)(C(=O)N=C(N)S/C=C/c3cccc(C)c3)CC23c2ccccc2C13.CC. The van der Waals surface area contributed by atoms with Crippen LogP contribution in [0.25, 0.3) is 6.08 Å².